The number of urea groups is 1. The molecule has 2 amide bonds. The second kappa shape index (κ2) is 4.68. The summed E-state index contributed by atoms with van der Waals surface area (Å²) in [6.07, 6.45) is 0. The van der Waals surface area contributed by atoms with Crippen LogP contribution in [0.5, 0.6) is 0 Å². The molecule has 1 aromatic rings. The summed E-state index contributed by atoms with van der Waals surface area (Å²) < 4.78 is 0. The Morgan fingerprint density at radius 2 is 2.07 bits per heavy atom. The van der Waals surface area contributed by atoms with Crippen LogP contribution >= 0.6 is 0 Å². The number of amides is 2. The van der Waals surface area contributed by atoms with Crippen LogP contribution in [-0.2, 0) is 0 Å². The Hall–Kier alpha value is -1.71. The fourth-order valence-corrected chi connectivity index (χ4v) is 1.36. The number of hydrogen-bond donors (Lipinski definition) is 1. The molecule has 15 heavy (non-hydrogen) atoms. The third kappa shape index (κ3) is 2.62. The van der Waals surface area contributed by atoms with Gasteiger partial charge in [-0.3, -0.25) is 4.90 Å². The first-order valence-electron chi connectivity index (χ1n) is 4.90. The summed E-state index contributed by atoms with van der Waals surface area (Å²) in [5, 5.41) is 0. The zero-order chi connectivity index (χ0) is 11.4. The van der Waals surface area contributed by atoms with Crippen molar-refractivity contribution in [3.05, 3.63) is 24.3 Å². The average Bonchev–Trinajstić information content (AvgIpc) is 2.18. The van der Waals surface area contributed by atoms with Crippen LogP contribution in [0, 0.1) is 0 Å². The Balaban J connectivity index is 2.97. The molecule has 0 aliphatic rings. The third-order valence-corrected chi connectivity index (χ3v) is 2.11. The molecule has 0 radical (unpaired) electrons. The quantitative estimate of drug-likeness (QED) is 0.751. The van der Waals surface area contributed by atoms with Crippen molar-refractivity contribution in [2.24, 2.45) is 0 Å². The number of nitrogens with two attached hydrogens (primary N) is 1. The van der Waals surface area contributed by atoms with E-state index in [2.05, 4.69) is 0 Å². The molecule has 82 valence electrons. The van der Waals surface area contributed by atoms with E-state index in [0.717, 1.165) is 5.69 Å². The number of hydrogen-bond acceptors (Lipinski definition) is 2. The first-order valence-corrected chi connectivity index (χ1v) is 4.90. The van der Waals surface area contributed by atoms with Gasteiger partial charge in [0.25, 0.3) is 0 Å². The summed E-state index contributed by atoms with van der Waals surface area (Å²) in [5.74, 6) is 0. The Morgan fingerprint density at radius 3 is 2.53 bits per heavy atom. The Bertz CT molecular complexity index is 349. The van der Waals surface area contributed by atoms with E-state index in [0.29, 0.717) is 12.2 Å². The number of nitrogen functional groups attached to an aromatic ring is 1. The van der Waals surface area contributed by atoms with E-state index in [9.17, 15) is 4.79 Å². The fraction of sp³-hybridized carbons (Fsp3) is 0.364. The van der Waals surface area contributed by atoms with Crippen LogP contribution in [-0.4, -0.2) is 31.6 Å². The molecule has 0 unspecified atom stereocenters. The van der Waals surface area contributed by atoms with Crippen LogP contribution in [0.15, 0.2) is 24.3 Å². The molecule has 4 nitrogen and oxygen atoms in total. The highest BCUT2D eigenvalue weighted by molar-refractivity contribution is 5.92. The summed E-state index contributed by atoms with van der Waals surface area (Å²) in [7, 11) is 3.47. The van der Waals surface area contributed by atoms with E-state index in [-0.39, 0.29) is 6.03 Å². The number of anilines is 2. The van der Waals surface area contributed by atoms with Crippen molar-refractivity contribution in [2.45, 2.75) is 6.92 Å². The maximum absolute atomic E-state index is 11.8. The van der Waals surface area contributed by atoms with Crippen molar-refractivity contribution in [3.63, 3.8) is 0 Å². The van der Waals surface area contributed by atoms with Gasteiger partial charge in [0.2, 0.25) is 0 Å². The molecular weight excluding hydrogens is 190 g/mol. The van der Waals surface area contributed by atoms with Gasteiger partial charge in [-0.15, -0.1) is 0 Å². The van der Waals surface area contributed by atoms with Crippen LogP contribution in [0.3, 0.4) is 0 Å². The molecule has 0 fully saturated rings. The molecule has 1 aromatic carbocycles. The lowest BCUT2D eigenvalue weighted by Gasteiger charge is -2.24. The average molecular weight is 207 g/mol. The van der Waals surface area contributed by atoms with Crippen molar-refractivity contribution in [1.82, 2.24) is 4.90 Å². The Kier molecular flexibility index (Phi) is 3.55. The highest BCUT2D eigenvalue weighted by atomic mass is 16.2. The number of carbonyl (C=O) groups excluding carboxylic acids is 1. The molecule has 0 saturated heterocycles. The maximum Gasteiger partial charge on any atom is 0.323 e. The van der Waals surface area contributed by atoms with E-state index in [1.807, 2.05) is 19.1 Å². The molecule has 0 aromatic heterocycles. The number of rotatable bonds is 2. The summed E-state index contributed by atoms with van der Waals surface area (Å²) in [5.41, 5.74) is 7.17. The minimum atomic E-state index is -0.0388. The molecule has 4 heteroatoms. The van der Waals surface area contributed by atoms with Gasteiger partial charge in [-0.1, -0.05) is 6.07 Å². The smallest absolute Gasteiger partial charge is 0.323 e. The van der Waals surface area contributed by atoms with E-state index >= 15 is 0 Å². The fourth-order valence-electron chi connectivity index (χ4n) is 1.36. The lowest BCUT2D eigenvalue weighted by Crippen LogP contribution is -2.39. The zero-order valence-electron chi connectivity index (χ0n) is 9.40. The SMILES string of the molecule is CCN(C(=O)N(C)C)c1cccc(N)c1. The molecule has 0 saturated carbocycles. The van der Waals surface area contributed by atoms with Crippen molar-refractivity contribution >= 4 is 17.4 Å². The van der Waals surface area contributed by atoms with E-state index in [4.69, 9.17) is 5.73 Å². The molecule has 0 heterocycles. The topological polar surface area (TPSA) is 49.6 Å². The van der Waals surface area contributed by atoms with E-state index < -0.39 is 0 Å². The number of nitrogens with zero attached hydrogens (tertiary/aromatic N) is 2. The lowest BCUT2D eigenvalue weighted by molar-refractivity contribution is 0.224. The van der Waals surface area contributed by atoms with E-state index in [1.54, 1.807) is 36.0 Å². The molecule has 2 N–H and O–H groups in total. The predicted molar refractivity (Wildman–Crippen MR) is 63.0 cm³/mol. The highest BCUT2D eigenvalue weighted by Crippen LogP contribution is 2.18. The normalized spacial score (nSPS) is 9.80. The monoisotopic (exact) mass is 207 g/mol. The second-order valence-electron chi connectivity index (χ2n) is 3.52. The van der Waals surface area contributed by atoms with E-state index in [1.165, 1.54) is 0 Å². The highest BCUT2D eigenvalue weighted by Gasteiger charge is 2.15. The summed E-state index contributed by atoms with van der Waals surface area (Å²) in [4.78, 5) is 15.0. The maximum atomic E-state index is 11.8. The second-order valence-corrected chi connectivity index (χ2v) is 3.52. The van der Waals surface area contributed by atoms with Crippen molar-refractivity contribution in [2.75, 3.05) is 31.3 Å². The molecule has 0 aliphatic heterocycles. The summed E-state index contributed by atoms with van der Waals surface area (Å²) in [6, 6.07) is 7.28. The molecular formula is C11H17N3O. The molecule has 0 bridgehead atoms. The number of benzene rings is 1. The van der Waals surface area contributed by atoms with Gasteiger partial charge in [0.1, 0.15) is 0 Å². The van der Waals surface area contributed by atoms with Gasteiger partial charge < -0.3 is 10.6 Å². The predicted octanol–water partition coefficient (Wildman–Crippen LogP) is 1.78. The standard InChI is InChI=1S/C11H17N3O/c1-4-14(11(15)13(2)3)10-7-5-6-9(12)8-10/h5-8H,4,12H2,1-3H3. The molecule has 0 aliphatic carbocycles. The largest absolute Gasteiger partial charge is 0.399 e. The van der Waals surface area contributed by atoms with Crippen LogP contribution in [0.2, 0.25) is 0 Å². The molecule has 0 atom stereocenters. The third-order valence-electron chi connectivity index (χ3n) is 2.11. The molecule has 0 spiro atoms. The summed E-state index contributed by atoms with van der Waals surface area (Å²) >= 11 is 0. The van der Waals surface area contributed by atoms with Crippen molar-refractivity contribution < 1.29 is 4.79 Å². The van der Waals surface area contributed by atoms with Crippen molar-refractivity contribution in [3.8, 4) is 0 Å². The lowest BCUT2D eigenvalue weighted by atomic mass is 10.2. The van der Waals surface area contributed by atoms with Gasteiger partial charge in [-0.25, -0.2) is 4.79 Å². The molecule has 1 rings (SSSR count). The van der Waals surface area contributed by atoms with Gasteiger partial charge in [-0.05, 0) is 25.1 Å². The van der Waals surface area contributed by atoms with Gasteiger partial charge in [0.15, 0.2) is 0 Å². The van der Waals surface area contributed by atoms with Crippen LogP contribution in [0.1, 0.15) is 6.92 Å². The van der Waals surface area contributed by atoms with Gasteiger partial charge in [0.05, 0.1) is 0 Å². The van der Waals surface area contributed by atoms with Crippen molar-refractivity contribution in [1.29, 1.82) is 0 Å². The number of carbonyl (C=O) groups is 1. The summed E-state index contributed by atoms with van der Waals surface area (Å²) in [6.45, 7) is 2.56. The van der Waals surface area contributed by atoms with Gasteiger partial charge in [0, 0.05) is 32.0 Å². The van der Waals surface area contributed by atoms with Crippen LogP contribution < -0.4 is 10.6 Å². The minimum Gasteiger partial charge on any atom is -0.399 e. The Labute approximate surface area is 90.3 Å². The van der Waals surface area contributed by atoms with Gasteiger partial charge >= 0.3 is 6.03 Å². The first-order chi connectivity index (χ1) is 7.06. The van der Waals surface area contributed by atoms with Gasteiger partial charge in [-0.2, -0.15) is 0 Å². The first kappa shape index (κ1) is 11.4. The van der Waals surface area contributed by atoms with Crippen LogP contribution in [0.25, 0.3) is 0 Å². The minimum absolute atomic E-state index is 0.0388. The Morgan fingerprint density at radius 1 is 1.40 bits per heavy atom. The van der Waals surface area contributed by atoms with Crippen LogP contribution in [0.4, 0.5) is 16.2 Å². The zero-order valence-corrected chi connectivity index (χ0v) is 9.40.